The molecule has 0 saturated heterocycles. The van der Waals surface area contributed by atoms with Crippen LogP contribution in [0.1, 0.15) is 31.2 Å². The number of anilines is 1. The van der Waals surface area contributed by atoms with Gasteiger partial charge in [-0.05, 0) is 28.5 Å². The van der Waals surface area contributed by atoms with Crippen LogP contribution in [-0.4, -0.2) is 0 Å². The fraction of sp³-hybridized carbons (Fsp3) is 0.333. The third-order valence-electron chi connectivity index (χ3n) is 2.77. The van der Waals surface area contributed by atoms with Crippen molar-refractivity contribution < 1.29 is 0 Å². The molecule has 2 heteroatoms. The molecule has 0 fully saturated rings. The largest absolute Gasteiger partial charge is 0.380 e. The molecular formula is C15H19NS. The van der Waals surface area contributed by atoms with Crippen molar-refractivity contribution >= 4 is 17.0 Å². The van der Waals surface area contributed by atoms with Gasteiger partial charge < -0.3 is 5.32 Å². The molecule has 0 amide bonds. The Hall–Kier alpha value is -1.28. The van der Waals surface area contributed by atoms with Crippen LogP contribution in [0.5, 0.6) is 0 Å². The molecule has 0 saturated carbocycles. The van der Waals surface area contributed by atoms with Gasteiger partial charge in [-0.15, -0.1) is 11.3 Å². The monoisotopic (exact) mass is 245 g/mol. The number of thiophene rings is 1. The number of rotatable bonds is 3. The maximum absolute atomic E-state index is 3.53. The molecule has 0 aliphatic heterocycles. The number of benzene rings is 1. The molecule has 0 unspecified atom stereocenters. The second-order valence-electron chi connectivity index (χ2n) is 5.23. The molecule has 1 nitrogen and oxygen atoms in total. The quantitative estimate of drug-likeness (QED) is 0.829. The van der Waals surface area contributed by atoms with E-state index < -0.39 is 0 Å². The van der Waals surface area contributed by atoms with Gasteiger partial charge in [-0.25, -0.2) is 0 Å². The molecule has 1 aromatic heterocycles. The van der Waals surface area contributed by atoms with E-state index in [0.717, 1.165) is 6.54 Å². The summed E-state index contributed by atoms with van der Waals surface area (Å²) in [7, 11) is 0. The lowest BCUT2D eigenvalue weighted by molar-refractivity contribution is 0.591. The standard InChI is InChI=1S/C15H19NS/c1-15(2,3)13-8-4-5-9-14(13)16-11-12-7-6-10-17-12/h4-10,16H,11H2,1-3H3. The van der Waals surface area contributed by atoms with E-state index in [1.54, 1.807) is 11.3 Å². The van der Waals surface area contributed by atoms with Gasteiger partial charge in [0.2, 0.25) is 0 Å². The van der Waals surface area contributed by atoms with Gasteiger partial charge in [0, 0.05) is 17.1 Å². The van der Waals surface area contributed by atoms with E-state index in [-0.39, 0.29) is 5.41 Å². The summed E-state index contributed by atoms with van der Waals surface area (Å²) in [6.45, 7) is 7.65. The number of hydrogen-bond donors (Lipinski definition) is 1. The van der Waals surface area contributed by atoms with Crippen molar-refractivity contribution in [3.63, 3.8) is 0 Å². The Balaban J connectivity index is 2.16. The molecule has 17 heavy (non-hydrogen) atoms. The number of hydrogen-bond acceptors (Lipinski definition) is 2. The molecule has 1 heterocycles. The zero-order chi connectivity index (χ0) is 12.3. The average Bonchev–Trinajstić information content (AvgIpc) is 2.78. The Morgan fingerprint density at radius 3 is 2.47 bits per heavy atom. The highest BCUT2D eigenvalue weighted by Crippen LogP contribution is 2.29. The van der Waals surface area contributed by atoms with Gasteiger partial charge in [0.15, 0.2) is 0 Å². The van der Waals surface area contributed by atoms with Crippen LogP contribution in [0.15, 0.2) is 41.8 Å². The molecule has 0 bridgehead atoms. The van der Waals surface area contributed by atoms with Gasteiger partial charge in [-0.3, -0.25) is 0 Å². The zero-order valence-corrected chi connectivity index (χ0v) is 11.5. The molecule has 2 rings (SSSR count). The van der Waals surface area contributed by atoms with Crippen LogP contribution < -0.4 is 5.32 Å². The van der Waals surface area contributed by atoms with Crippen LogP contribution in [0.3, 0.4) is 0 Å². The topological polar surface area (TPSA) is 12.0 Å². The highest BCUT2D eigenvalue weighted by atomic mass is 32.1. The Morgan fingerprint density at radius 2 is 1.82 bits per heavy atom. The fourth-order valence-corrected chi connectivity index (χ4v) is 2.53. The number of para-hydroxylation sites is 1. The van der Waals surface area contributed by atoms with Crippen molar-refractivity contribution in [3.8, 4) is 0 Å². The minimum atomic E-state index is 0.180. The van der Waals surface area contributed by atoms with Gasteiger partial charge in [-0.2, -0.15) is 0 Å². The van der Waals surface area contributed by atoms with Crippen molar-refractivity contribution in [2.75, 3.05) is 5.32 Å². The third-order valence-corrected chi connectivity index (χ3v) is 3.64. The van der Waals surface area contributed by atoms with E-state index in [1.807, 2.05) is 0 Å². The van der Waals surface area contributed by atoms with Crippen molar-refractivity contribution in [2.45, 2.75) is 32.7 Å². The normalized spacial score (nSPS) is 11.5. The van der Waals surface area contributed by atoms with Crippen molar-refractivity contribution in [1.82, 2.24) is 0 Å². The fourth-order valence-electron chi connectivity index (χ4n) is 1.89. The molecule has 1 aromatic carbocycles. The molecule has 0 spiro atoms. The lowest BCUT2D eigenvalue weighted by atomic mass is 9.86. The summed E-state index contributed by atoms with van der Waals surface area (Å²) in [5.74, 6) is 0. The van der Waals surface area contributed by atoms with E-state index in [4.69, 9.17) is 0 Å². The van der Waals surface area contributed by atoms with E-state index in [9.17, 15) is 0 Å². The van der Waals surface area contributed by atoms with E-state index in [1.165, 1.54) is 16.1 Å². The lowest BCUT2D eigenvalue weighted by Gasteiger charge is -2.23. The summed E-state index contributed by atoms with van der Waals surface area (Å²) < 4.78 is 0. The van der Waals surface area contributed by atoms with Gasteiger partial charge in [0.25, 0.3) is 0 Å². The van der Waals surface area contributed by atoms with Crippen molar-refractivity contribution in [1.29, 1.82) is 0 Å². The first-order chi connectivity index (χ1) is 8.07. The summed E-state index contributed by atoms with van der Waals surface area (Å²) in [4.78, 5) is 1.37. The molecular weight excluding hydrogens is 226 g/mol. The Morgan fingerprint density at radius 1 is 1.06 bits per heavy atom. The second kappa shape index (κ2) is 4.92. The summed E-state index contributed by atoms with van der Waals surface area (Å²) in [5, 5.41) is 5.65. The first kappa shape index (κ1) is 12.2. The Labute approximate surface area is 108 Å². The lowest BCUT2D eigenvalue weighted by Crippen LogP contribution is -2.14. The molecule has 90 valence electrons. The summed E-state index contributed by atoms with van der Waals surface area (Å²) >= 11 is 1.79. The Bertz CT molecular complexity index is 466. The minimum absolute atomic E-state index is 0.180. The highest BCUT2D eigenvalue weighted by Gasteiger charge is 2.16. The van der Waals surface area contributed by atoms with E-state index >= 15 is 0 Å². The number of nitrogens with one attached hydrogen (secondary N) is 1. The van der Waals surface area contributed by atoms with Crippen LogP contribution in [0.25, 0.3) is 0 Å². The van der Waals surface area contributed by atoms with Crippen molar-refractivity contribution in [3.05, 3.63) is 52.2 Å². The van der Waals surface area contributed by atoms with Gasteiger partial charge in [0.05, 0.1) is 0 Å². The molecule has 0 aliphatic rings. The predicted molar refractivity (Wildman–Crippen MR) is 76.8 cm³/mol. The minimum Gasteiger partial charge on any atom is -0.380 e. The molecule has 2 aromatic rings. The van der Waals surface area contributed by atoms with Crippen LogP contribution in [0, 0.1) is 0 Å². The summed E-state index contributed by atoms with van der Waals surface area (Å²) in [6.07, 6.45) is 0. The summed E-state index contributed by atoms with van der Waals surface area (Å²) in [6, 6.07) is 12.8. The maximum atomic E-state index is 3.53. The van der Waals surface area contributed by atoms with Crippen LogP contribution >= 0.6 is 11.3 Å². The van der Waals surface area contributed by atoms with Gasteiger partial charge >= 0.3 is 0 Å². The third kappa shape index (κ3) is 3.10. The SMILES string of the molecule is CC(C)(C)c1ccccc1NCc1cccs1. The zero-order valence-electron chi connectivity index (χ0n) is 10.7. The van der Waals surface area contributed by atoms with Crippen LogP contribution in [0.2, 0.25) is 0 Å². The van der Waals surface area contributed by atoms with E-state index in [2.05, 4.69) is 67.9 Å². The molecule has 0 aliphatic carbocycles. The first-order valence-electron chi connectivity index (χ1n) is 5.93. The van der Waals surface area contributed by atoms with Crippen molar-refractivity contribution in [2.24, 2.45) is 0 Å². The van der Waals surface area contributed by atoms with Gasteiger partial charge in [0.1, 0.15) is 0 Å². The van der Waals surface area contributed by atoms with Gasteiger partial charge in [-0.1, -0.05) is 45.0 Å². The maximum Gasteiger partial charge on any atom is 0.0494 e. The predicted octanol–water partition coefficient (Wildman–Crippen LogP) is 4.66. The average molecular weight is 245 g/mol. The van der Waals surface area contributed by atoms with Crippen LogP contribution in [0.4, 0.5) is 5.69 Å². The molecule has 0 radical (unpaired) electrons. The first-order valence-corrected chi connectivity index (χ1v) is 6.81. The molecule has 1 N–H and O–H groups in total. The Kier molecular flexibility index (Phi) is 3.53. The summed E-state index contributed by atoms with van der Waals surface area (Å²) in [5.41, 5.74) is 2.80. The molecule has 0 atom stereocenters. The second-order valence-corrected chi connectivity index (χ2v) is 6.26. The smallest absolute Gasteiger partial charge is 0.0494 e. The highest BCUT2D eigenvalue weighted by molar-refractivity contribution is 7.09. The van der Waals surface area contributed by atoms with E-state index in [0.29, 0.717) is 0 Å². The van der Waals surface area contributed by atoms with Crippen LogP contribution in [-0.2, 0) is 12.0 Å².